The number of nitrogens with zero attached hydrogens (tertiary/aromatic N) is 1. The molecule has 0 aromatic heterocycles. The summed E-state index contributed by atoms with van der Waals surface area (Å²) < 4.78 is 13.1. The molecule has 0 radical (unpaired) electrons. The molecule has 3 atom stereocenters. The van der Waals surface area contributed by atoms with Gasteiger partial charge in [-0.1, -0.05) is 68.5 Å². The minimum absolute atomic E-state index is 0.00932. The number of carbonyl (C=O) groups excluding carboxylic acids is 1. The number of aliphatic hydroxyl groups is 1. The minimum atomic E-state index is -0.775. The van der Waals surface area contributed by atoms with Crippen LogP contribution in [-0.2, 0) is 25.7 Å². The van der Waals surface area contributed by atoms with Crippen LogP contribution in [0.2, 0.25) is 0 Å². The molecule has 2 aliphatic rings. The van der Waals surface area contributed by atoms with E-state index in [0.29, 0.717) is 18.5 Å². The van der Waals surface area contributed by atoms with Gasteiger partial charge in [-0.05, 0) is 62.0 Å². The first-order valence-corrected chi connectivity index (χ1v) is 15.3. The lowest BCUT2D eigenvalue weighted by Crippen LogP contribution is -2.40. The van der Waals surface area contributed by atoms with Crippen molar-refractivity contribution in [3.63, 3.8) is 0 Å². The molecule has 2 saturated heterocycles. The van der Waals surface area contributed by atoms with E-state index < -0.39 is 12.3 Å². The van der Waals surface area contributed by atoms with Gasteiger partial charge in [-0.15, -0.1) is 0 Å². The van der Waals surface area contributed by atoms with Crippen LogP contribution in [0.5, 0.6) is 0 Å². The van der Waals surface area contributed by atoms with Crippen molar-refractivity contribution in [1.29, 1.82) is 0 Å². The Labute approximate surface area is 244 Å². The van der Waals surface area contributed by atoms with E-state index in [1.54, 1.807) is 0 Å². The number of unbranched alkanes of at least 4 members (excludes halogenated alkanes) is 3. The van der Waals surface area contributed by atoms with Crippen LogP contribution >= 0.6 is 0 Å². The number of likely N-dealkylation sites (tertiary alicyclic amines) is 1. The predicted octanol–water partition coefficient (Wildman–Crippen LogP) is 6.35. The molecule has 2 aliphatic heterocycles. The van der Waals surface area contributed by atoms with Gasteiger partial charge in [0.15, 0.2) is 6.29 Å². The number of anilines is 1. The standard InChI is InChI=1S/C33H46N2O6/c36-24-25-15-17-26(18-16-25)30-22-29(23-35-19-8-4-1-5-9-20-35)40-33(41-30)27-11-10-12-28(21-27)34-31(37)13-6-2-3-7-14-32(38)39/h10-12,15-18,21,29-30,33,36H,1-9,13-14,19-20,22-24H2,(H,34,37)(H,38,39). The summed E-state index contributed by atoms with van der Waals surface area (Å²) >= 11 is 0. The van der Waals surface area contributed by atoms with Gasteiger partial charge in [0.05, 0.1) is 18.8 Å². The smallest absolute Gasteiger partial charge is 0.303 e. The summed E-state index contributed by atoms with van der Waals surface area (Å²) in [4.78, 5) is 25.7. The Hall–Kier alpha value is -2.78. The lowest BCUT2D eigenvalue weighted by molar-refractivity contribution is -0.253. The van der Waals surface area contributed by atoms with Crippen LogP contribution in [0.15, 0.2) is 48.5 Å². The topological polar surface area (TPSA) is 108 Å². The summed E-state index contributed by atoms with van der Waals surface area (Å²) in [7, 11) is 0. The zero-order valence-electron chi connectivity index (χ0n) is 24.1. The van der Waals surface area contributed by atoms with E-state index in [0.717, 1.165) is 62.0 Å². The number of amides is 1. The number of carbonyl (C=O) groups is 2. The number of hydrogen-bond acceptors (Lipinski definition) is 6. The van der Waals surface area contributed by atoms with Crippen molar-refractivity contribution >= 4 is 17.6 Å². The molecule has 3 unspecified atom stereocenters. The number of aliphatic carboxylic acids is 1. The maximum Gasteiger partial charge on any atom is 0.303 e. The molecule has 8 heteroatoms. The van der Waals surface area contributed by atoms with E-state index >= 15 is 0 Å². The number of rotatable bonds is 13. The molecule has 41 heavy (non-hydrogen) atoms. The normalized spacial score (nSPS) is 22.0. The second-order valence-corrected chi connectivity index (χ2v) is 11.4. The third-order valence-corrected chi connectivity index (χ3v) is 8.01. The third-order valence-electron chi connectivity index (χ3n) is 8.01. The predicted molar refractivity (Wildman–Crippen MR) is 158 cm³/mol. The van der Waals surface area contributed by atoms with Crippen LogP contribution in [0.4, 0.5) is 5.69 Å². The van der Waals surface area contributed by atoms with E-state index in [1.165, 1.54) is 32.1 Å². The van der Waals surface area contributed by atoms with Crippen molar-refractivity contribution in [2.24, 2.45) is 0 Å². The molecule has 2 heterocycles. The number of ether oxygens (including phenoxy) is 2. The Morgan fingerprint density at radius 2 is 1.56 bits per heavy atom. The molecule has 4 rings (SSSR count). The SMILES string of the molecule is O=C(O)CCCCCCC(=O)Nc1cccc(C2OC(CN3CCCCCCC3)CC(c3ccc(CO)cc3)O2)c1. The van der Waals surface area contributed by atoms with E-state index in [4.69, 9.17) is 14.6 Å². The number of aliphatic hydroxyl groups excluding tert-OH is 1. The van der Waals surface area contributed by atoms with Crippen LogP contribution in [0, 0.1) is 0 Å². The molecule has 0 aliphatic carbocycles. The highest BCUT2D eigenvalue weighted by Gasteiger charge is 2.33. The van der Waals surface area contributed by atoms with Crippen molar-refractivity contribution in [3.05, 3.63) is 65.2 Å². The van der Waals surface area contributed by atoms with Gasteiger partial charge in [-0.2, -0.15) is 0 Å². The van der Waals surface area contributed by atoms with Gasteiger partial charge in [-0.25, -0.2) is 0 Å². The third kappa shape index (κ3) is 10.5. The Morgan fingerprint density at radius 3 is 2.27 bits per heavy atom. The quantitative estimate of drug-likeness (QED) is 0.242. The first kappa shape index (κ1) is 31.2. The summed E-state index contributed by atoms with van der Waals surface area (Å²) in [5, 5.41) is 21.2. The molecule has 2 fully saturated rings. The Balaban J connectivity index is 1.40. The van der Waals surface area contributed by atoms with Crippen LogP contribution < -0.4 is 5.32 Å². The molecule has 3 N–H and O–H groups in total. The van der Waals surface area contributed by atoms with Crippen LogP contribution in [0.25, 0.3) is 0 Å². The van der Waals surface area contributed by atoms with Gasteiger partial charge >= 0.3 is 5.97 Å². The Morgan fingerprint density at radius 1 is 0.854 bits per heavy atom. The second kappa shape index (κ2) is 16.6. The minimum Gasteiger partial charge on any atom is -0.481 e. The average Bonchev–Trinajstić information content (AvgIpc) is 2.96. The van der Waals surface area contributed by atoms with Gasteiger partial charge in [0, 0.05) is 37.1 Å². The van der Waals surface area contributed by atoms with Crippen molar-refractivity contribution in [3.8, 4) is 0 Å². The molecule has 0 saturated carbocycles. The highest BCUT2D eigenvalue weighted by Crippen LogP contribution is 2.38. The fraction of sp³-hybridized carbons (Fsp3) is 0.576. The fourth-order valence-corrected chi connectivity index (χ4v) is 5.72. The van der Waals surface area contributed by atoms with Crippen molar-refractivity contribution in [2.75, 3.05) is 25.0 Å². The van der Waals surface area contributed by atoms with Crippen molar-refractivity contribution < 1.29 is 29.3 Å². The highest BCUT2D eigenvalue weighted by molar-refractivity contribution is 5.90. The average molecular weight is 567 g/mol. The van der Waals surface area contributed by atoms with Crippen molar-refractivity contribution in [1.82, 2.24) is 4.90 Å². The van der Waals surface area contributed by atoms with Crippen LogP contribution in [0.1, 0.15) is 106 Å². The van der Waals surface area contributed by atoms with Crippen LogP contribution in [-0.4, -0.2) is 52.7 Å². The zero-order valence-corrected chi connectivity index (χ0v) is 24.1. The second-order valence-electron chi connectivity index (χ2n) is 11.4. The Bertz CT molecular complexity index is 1080. The first-order chi connectivity index (χ1) is 20.0. The molecule has 2 aromatic carbocycles. The molecule has 0 spiro atoms. The molecular weight excluding hydrogens is 520 g/mol. The summed E-state index contributed by atoms with van der Waals surface area (Å²) in [5.41, 5.74) is 3.52. The number of nitrogens with one attached hydrogen (secondary N) is 1. The Kier molecular flexibility index (Phi) is 12.6. The number of benzene rings is 2. The van der Waals surface area contributed by atoms with E-state index in [2.05, 4.69) is 10.2 Å². The summed E-state index contributed by atoms with van der Waals surface area (Å²) in [5.74, 6) is -0.828. The van der Waals surface area contributed by atoms with E-state index in [9.17, 15) is 14.7 Å². The van der Waals surface area contributed by atoms with E-state index in [-0.39, 0.29) is 31.1 Å². The van der Waals surface area contributed by atoms with Gasteiger partial charge in [0.25, 0.3) is 0 Å². The summed E-state index contributed by atoms with van der Waals surface area (Å²) in [6.45, 7) is 3.08. The zero-order chi connectivity index (χ0) is 28.9. The molecule has 0 bridgehead atoms. The lowest BCUT2D eigenvalue weighted by atomic mass is 9.99. The largest absolute Gasteiger partial charge is 0.481 e. The van der Waals surface area contributed by atoms with Gasteiger partial charge in [0.1, 0.15) is 0 Å². The monoisotopic (exact) mass is 566 g/mol. The molecule has 8 nitrogen and oxygen atoms in total. The molecule has 224 valence electrons. The summed E-state index contributed by atoms with van der Waals surface area (Å²) in [6.07, 6.45) is 10.0. The van der Waals surface area contributed by atoms with E-state index in [1.807, 2.05) is 48.5 Å². The molecule has 2 aromatic rings. The van der Waals surface area contributed by atoms with Gasteiger partial charge in [-0.3, -0.25) is 9.59 Å². The molecule has 1 amide bonds. The van der Waals surface area contributed by atoms with Crippen molar-refractivity contribution in [2.45, 2.75) is 102 Å². The van der Waals surface area contributed by atoms with Gasteiger partial charge in [0.2, 0.25) is 5.91 Å². The first-order valence-electron chi connectivity index (χ1n) is 15.3. The summed E-state index contributed by atoms with van der Waals surface area (Å²) in [6, 6.07) is 15.6. The number of carboxylic acids is 1. The van der Waals surface area contributed by atoms with Crippen LogP contribution in [0.3, 0.4) is 0 Å². The number of carboxylic acid groups (broad SMARTS) is 1. The highest BCUT2D eigenvalue weighted by atomic mass is 16.7. The molecular formula is C33H46N2O6. The fourth-order valence-electron chi connectivity index (χ4n) is 5.72. The maximum atomic E-state index is 12.6. The lowest BCUT2D eigenvalue weighted by Gasteiger charge is -2.39. The van der Waals surface area contributed by atoms with Gasteiger partial charge < -0.3 is 29.9 Å². The maximum absolute atomic E-state index is 12.6. The number of hydrogen-bond donors (Lipinski definition) is 3.